The maximum absolute atomic E-state index is 13.7. The van der Waals surface area contributed by atoms with E-state index >= 15 is 0 Å². The third-order valence-electron chi connectivity index (χ3n) is 6.41. The quantitative estimate of drug-likeness (QED) is 0.568. The SMILES string of the molecule is Fc1ccc(C(c2nnnn2CC2CCCO2)N2CCN(Cc3ccccc3)CC2)cc1. The van der Waals surface area contributed by atoms with Crippen molar-refractivity contribution in [3.8, 4) is 0 Å². The molecule has 0 amide bonds. The molecule has 0 bridgehead atoms. The second-order valence-corrected chi connectivity index (χ2v) is 8.61. The van der Waals surface area contributed by atoms with E-state index in [2.05, 4.69) is 55.7 Å². The fraction of sp³-hybridized carbons (Fsp3) is 0.458. The summed E-state index contributed by atoms with van der Waals surface area (Å²) < 4.78 is 21.3. The summed E-state index contributed by atoms with van der Waals surface area (Å²) in [6, 6.07) is 17.2. The van der Waals surface area contributed by atoms with E-state index in [0.717, 1.165) is 63.6 Å². The molecule has 3 heterocycles. The fourth-order valence-electron chi connectivity index (χ4n) is 4.71. The molecule has 2 atom stereocenters. The molecule has 7 nitrogen and oxygen atoms in total. The van der Waals surface area contributed by atoms with Crippen molar-refractivity contribution < 1.29 is 9.13 Å². The van der Waals surface area contributed by atoms with Crippen molar-refractivity contribution in [1.29, 1.82) is 0 Å². The molecular formula is C24H29FN6O. The number of tetrazole rings is 1. The topological polar surface area (TPSA) is 59.3 Å². The van der Waals surface area contributed by atoms with Crippen LogP contribution in [0.3, 0.4) is 0 Å². The molecule has 32 heavy (non-hydrogen) atoms. The molecule has 8 heteroatoms. The largest absolute Gasteiger partial charge is 0.376 e. The number of halogens is 1. The van der Waals surface area contributed by atoms with E-state index in [1.807, 2.05) is 16.8 Å². The minimum Gasteiger partial charge on any atom is -0.376 e. The molecule has 0 radical (unpaired) electrons. The van der Waals surface area contributed by atoms with Gasteiger partial charge >= 0.3 is 0 Å². The standard InChI is InChI=1S/C24H29FN6O/c25-21-10-8-20(9-11-21)23(24-26-27-28-31(24)18-22-7-4-16-32-22)30-14-12-29(13-15-30)17-19-5-2-1-3-6-19/h1-3,5-6,8-11,22-23H,4,7,12-18H2. The van der Waals surface area contributed by atoms with Crippen LogP contribution in [0.4, 0.5) is 4.39 Å². The second-order valence-electron chi connectivity index (χ2n) is 8.61. The first-order valence-electron chi connectivity index (χ1n) is 11.4. The van der Waals surface area contributed by atoms with Crippen molar-refractivity contribution in [2.24, 2.45) is 0 Å². The molecule has 3 aromatic rings. The van der Waals surface area contributed by atoms with Gasteiger partial charge in [0.15, 0.2) is 5.82 Å². The van der Waals surface area contributed by atoms with Crippen LogP contribution in [0.25, 0.3) is 0 Å². The zero-order chi connectivity index (χ0) is 21.8. The number of aromatic nitrogens is 4. The summed E-state index contributed by atoms with van der Waals surface area (Å²) in [5.74, 6) is 0.558. The maximum Gasteiger partial charge on any atom is 0.173 e. The van der Waals surface area contributed by atoms with Gasteiger partial charge in [-0.05, 0) is 46.5 Å². The lowest BCUT2D eigenvalue weighted by molar-refractivity contribution is 0.0841. The highest BCUT2D eigenvalue weighted by Gasteiger charge is 2.31. The fourth-order valence-corrected chi connectivity index (χ4v) is 4.71. The molecule has 0 N–H and O–H groups in total. The van der Waals surface area contributed by atoms with Crippen molar-refractivity contribution in [1.82, 2.24) is 30.0 Å². The number of nitrogens with zero attached hydrogens (tertiary/aromatic N) is 6. The highest BCUT2D eigenvalue weighted by molar-refractivity contribution is 5.25. The Morgan fingerprint density at radius 2 is 1.78 bits per heavy atom. The highest BCUT2D eigenvalue weighted by atomic mass is 19.1. The maximum atomic E-state index is 13.7. The van der Waals surface area contributed by atoms with Crippen LogP contribution in [-0.4, -0.2) is 68.9 Å². The predicted molar refractivity (Wildman–Crippen MR) is 118 cm³/mol. The lowest BCUT2D eigenvalue weighted by Gasteiger charge is -2.39. The van der Waals surface area contributed by atoms with Gasteiger partial charge in [0, 0.05) is 39.3 Å². The minimum atomic E-state index is -0.237. The zero-order valence-electron chi connectivity index (χ0n) is 18.2. The molecule has 168 valence electrons. The van der Waals surface area contributed by atoms with E-state index in [1.54, 1.807) is 0 Å². The van der Waals surface area contributed by atoms with Crippen LogP contribution in [-0.2, 0) is 17.8 Å². The third kappa shape index (κ3) is 4.87. The normalized spacial score (nSPS) is 21.1. The Labute approximate surface area is 187 Å². The second kappa shape index (κ2) is 9.85. The highest BCUT2D eigenvalue weighted by Crippen LogP contribution is 2.29. The van der Waals surface area contributed by atoms with E-state index in [4.69, 9.17) is 4.74 Å². The average Bonchev–Trinajstić information content (AvgIpc) is 3.50. The summed E-state index contributed by atoms with van der Waals surface area (Å²) in [7, 11) is 0. The smallest absolute Gasteiger partial charge is 0.173 e. The summed E-state index contributed by atoms with van der Waals surface area (Å²) in [6.07, 6.45) is 2.25. The zero-order valence-corrected chi connectivity index (χ0v) is 18.2. The van der Waals surface area contributed by atoms with Crippen molar-refractivity contribution in [2.45, 2.75) is 38.1 Å². The van der Waals surface area contributed by atoms with Gasteiger partial charge in [0.05, 0.1) is 18.7 Å². The van der Waals surface area contributed by atoms with Gasteiger partial charge < -0.3 is 4.74 Å². The van der Waals surface area contributed by atoms with Crippen LogP contribution in [0.5, 0.6) is 0 Å². The van der Waals surface area contributed by atoms with Crippen LogP contribution in [0.15, 0.2) is 54.6 Å². The van der Waals surface area contributed by atoms with E-state index in [1.165, 1.54) is 17.7 Å². The van der Waals surface area contributed by atoms with Crippen LogP contribution in [0, 0.1) is 5.82 Å². The number of hydrogen-bond acceptors (Lipinski definition) is 6. The lowest BCUT2D eigenvalue weighted by atomic mass is 10.0. The third-order valence-corrected chi connectivity index (χ3v) is 6.41. The summed E-state index contributed by atoms with van der Waals surface area (Å²) in [4.78, 5) is 4.88. The Hall–Kier alpha value is -2.68. The summed E-state index contributed by atoms with van der Waals surface area (Å²) >= 11 is 0. The van der Waals surface area contributed by atoms with Gasteiger partial charge in [-0.1, -0.05) is 42.5 Å². The van der Waals surface area contributed by atoms with Gasteiger partial charge in [0.25, 0.3) is 0 Å². The molecule has 0 aliphatic carbocycles. The Morgan fingerprint density at radius 3 is 2.50 bits per heavy atom. The number of ether oxygens (including phenoxy) is 1. The van der Waals surface area contributed by atoms with Gasteiger partial charge in [-0.15, -0.1) is 5.10 Å². The average molecular weight is 437 g/mol. The van der Waals surface area contributed by atoms with E-state index < -0.39 is 0 Å². The molecule has 2 aliphatic rings. The van der Waals surface area contributed by atoms with E-state index in [0.29, 0.717) is 6.54 Å². The van der Waals surface area contributed by atoms with E-state index in [-0.39, 0.29) is 18.0 Å². The van der Waals surface area contributed by atoms with E-state index in [9.17, 15) is 4.39 Å². The number of piperazine rings is 1. The Morgan fingerprint density at radius 1 is 1.00 bits per heavy atom. The number of hydrogen-bond donors (Lipinski definition) is 0. The van der Waals surface area contributed by atoms with Gasteiger partial charge in [-0.3, -0.25) is 9.80 Å². The number of rotatable bonds is 7. The molecule has 0 saturated carbocycles. The summed E-state index contributed by atoms with van der Waals surface area (Å²) in [5.41, 5.74) is 2.34. The molecule has 5 rings (SSSR count). The molecular weight excluding hydrogens is 407 g/mol. The van der Waals surface area contributed by atoms with Crippen molar-refractivity contribution in [3.05, 3.63) is 77.4 Å². The Bertz CT molecular complexity index is 981. The molecule has 2 aliphatic heterocycles. The van der Waals surface area contributed by atoms with Crippen LogP contribution < -0.4 is 0 Å². The van der Waals surface area contributed by atoms with Crippen LogP contribution in [0.2, 0.25) is 0 Å². The molecule has 0 spiro atoms. The Kier molecular flexibility index (Phi) is 6.52. The predicted octanol–water partition coefficient (Wildman–Crippen LogP) is 2.90. The van der Waals surface area contributed by atoms with Crippen molar-refractivity contribution >= 4 is 0 Å². The minimum absolute atomic E-state index is 0.120. The summed E-state index contributed by atoms with van der Waals surface area (Å²) in [5, 5.41) is 12.7. The molecule has 2 saturated heterocycles. The van der Waals surface area contributed by atoms with Gasteiger partial charge in [0.2, 0.25) is 0 Å². The first-order chi connectivity index (χ1) is 15.8. The molecule has 2 fully saturated rings. The van der Waals surface area contributed by atoms with Gasteiger partial charge in [0.1, 0.15) is 5.82 Å². The molecule has 2 unspecified atom stereocenters. The van der Waals surface area contributed by atoms with Crippen LogP contribution >= 0.6 is 0 Å². The number of benzene rings is 2. The van der Waals surface area contributed by atoms with Gasteiger partial charge in [-0.2, -0.15) is 0 Å². The monoisotopic (exact) mass is 436 g/mol. The molecule has 1 aromatic heterocycles. The van der Waals surface area contributed by atoms with Crippen molar-refractivity contribution in [3.63, 3.8) is 0 Å². The Balaban J connectivity index is 1.35. The first-order valence-corrected chi connectivity index (χ1v) is 11.4. The summed E-state index contributed by atoms with van der Waals surface area (Å²) in [6.45, 7) is 6.09. The lowest BCUT2D eigenvalue weighted by Crippen LogP contribution is -2.48. The van der Waals surface area contributed by atoms with Crippen molar-refractivity contribution in [2.75, 3.05) is 32.8 Å². The first kappa shape index (κ1) is 21.2. The van der Waals surface area contributed by atoms with Crippen LogP contribution in [0.1, 0.15) is 35.8 Å². The molecule has 2 aromatic carbocycles. The van der Waals surface area contributed by atoms with Gasteiger partial charge in [-0.25, -0.2) is 9.07 Å².